The van der Waals surface area contributed by atoms with Crippen molar-refractivity contribution in [3.63, 3.8) is 0 Å². The molecule has 1 aromatic carbocycles. The van der Waals surface area contributed by atoms with Crippen LogP contribution in [0.15, 0.2) is 10.5 Å². The SMILES string of the molecule is CC(N)Cc1cc2c(c(Br)c1O)CCO2. The van der Waals surface area contributed by atoms with Crippen molar-refractivity contribution in [3.05, 3.63) is 21.7 Å². The van der Waals surface area contributed by atoms with Gasteiger partial charge in [-0.3, -0.25) is 0 Å². The molecule has 82 valence electrons. The molecule has 0 spiro atoms. The van der Waals surface area contributed by atoms with Crippen molar-refractivity contribution in [2.75, 3.05) is 6.61 Å². The Hall–Kier alpha value is -0.740. The van der Waals surface area contributed by atoms with E-state index in [2.05, 4.69) is 15.9 Å². The minimum absolute atomic E-state index is 0.0299. The van der Waals surface area contributed by atoms with Crippen LogP contribution in [0.2, 0.25) is 0 Å². The van der Waals surface area contributed by atoms with Gasteiger partial charge in [-0.25, -0.2) is 0 Å². The standard InChI is InChI=1S/C11H14BrNO2/c1-6(13)4-7-5-9-8(2-3-15-9)10(12)11(7)14/h5-6,14H,2-4,13H2,1H3. The van der Waals surface area contributed by atoms with Crippen LogP contribution in [0.3, 0.4) is 0 Å². The second-order valence-electron chi connectivity index (χ2n) is 3.95. The van der Waals surface area contributed by atoms with E-state index < -0.39 is 0 Å². The van der Waals surface area contributed by atoms with Crippen molar-refractivity contribution in [1.82, 2.24) is 0 Å². The number of aromatic hydroxyl groups is 1. The van der Waals surface area contributed by atoms with Gasteiger partial charge in [-0.1, -0.05) is 0 Å². The maximum absolute atomic E-state index is 9.95. The number of hydrogen-bond donors (Lipinski definition) is 2. The molecule has 0 aliphatic carbocycles. The zero-order chi connectivity index (χ0) is 11.0. The number of nitrogens with two attached hydrogens (primary N) is 1. The van der Waals surface area contributed by atoms with E-state index in [0.29, 0.717) is 18.8 Å². The summed E-state index contributed by atoms with van der Waals surface area (Å²) >= 11 is 3.40. The third kappa shape index (κ3) is 1.96. The molecule has 0 saturated heterocycles. The van der Waals surface area contributed by atoms with Gasteiger partial charge in [-0.2, -0.15) is 0 Å². The third-order valence-electron chi connectivity index (χ3n) is 2.53. The number of rotatable bonds is 2. The quantitative estimate of drug-likeness (QED) is 0.865. The Morgan fingerprint density at radius 2 is 2.40 bits per heavy atom. The lowest BCUT2D eigenvalue weighted by Gasteiger charge is -2.12. The van der Waals surface area contributed by atoms with Crippen LogP contribution < -0.4 is 10.5 Å². The van der Waals surface area contributed by atoms with Crippen LogP contribution in [0.1, 0.15) is 18.1 Å². The highest BCUT2D eigenvalue weighted by atomic mass is 79.9. The first-order chi connectivity index (χ1) is 7.09. The number of fused-ring (bicyclic) bond motifs is 1. The summed E-state index contributed by atoms with van der Waals surface area (Å²) in [6.45, 7) is 2.61. The summed E-state index contributed by atoms with van der Waals surface area (Å²) in [7, 11) is 0. The van der Waals surface area contributed by atoms with Gasteiger partial charge in [0.15, 0.2) is 0 Å². The predicted molar refractivity (Wildman–Crippen MR) is 62.4 cm³/mol. The number of halogens is 1. The van der Waals surface area contributed by atoms with Gasteiger partial charge in [-0.15, -0.1) is 0 Å². The molecule has 4 heteroatoms. The number of phenolic OH excluding ortho intramolecular Hbond substituents is 1. The Morgan fingerprint density at radius 3 is 3.07 bits per heavy atom. The first-order valence-electron chi connectivity index (χ1n) is 5.01. The lowest BCUT2D eigenvalue weighted by Crippen LogP contribution is -2.17. The number of hydrogen-bond acceptors (Lipinski definition) is 3. The summed E-state index contributed by atoms with van der Waals surface area (Å²) in [6, 6.07) is 1.92. The maximum atomic E-state index is 9.95. The highest BCUT2D eigenvalue weighted by molar-refractivity contribution is 9.10. The van der Waals surface area contributed by atoms with E-state index in [1.165, 1.54) is 0 Å². The molecule has 0 aromatic heterocycles. The predicted octanol–water partition coefficient (Wildman–Crippen LogP) is 1.98. The fraction of sp³-hybridized carbons (Fsp3) is 0.455. The summed E-state index contributed by atoms with van der Waals surface area (Å²) in [6.07, 6.45) is 1.50. The van der Waals surface area contributed by atoms with Gasteiger partial charge in [0.25, 0.3) is 0 Å². The Kier molecular flexibility index (Phi) is 2.89. The van der Waals surface area contributed by atoms with Crippen LogP contribution in [-0.2, 0) is 12.8 Å². The Morgan fingerprint density at radius 1 is 1.67 bits per heavy atom. The first kappa shape index (κ1) is 10.8. The van der Waals surface area contributed by atoms with Crippen LogP contribution in [0.25, 0.3) is 0 Å². The maximum Gasteiger partial charge on any atom is 0.133 e. The zero-order valence-corrected chi connectivity index (χ0v) is 10.2. The third-order valence-corrected chi connectivity index (χ3v) is 3.39. The van der Waals surface area contributed by atoms with Gasteiger partial charge in [0.1, 0.15) is 11.5 Å². The molecule has 1 heterocycles. The molecule has 1 aliphatic rings. The van der Waals surface area contributed by atoms with Gasteiger partial charge in [0.05, 0.1) is 11.1 Å². The zero-order valence-electron chi connectivity index (χ0n) is 8.59. The Balaban J connectivity index is 2.44. The van der Waals surface area contributed by atoms with Gasteiger partial charge in [0, 0.05) is 23.6 Å². The fourth-order valence-electron chi connectivity index (χ4n) is 1.83. The monoisotopic (exact) mass is 271 g/mol. The topological polar surface area (TPSA) is 55.5 Å². The van der Waals surface area contributed by atoms with Crippen LogP contribution in [-0.4, -0.2) is 17.8 Å². The summed E-state index contributed by atoms with van der Waals surface area (Å²) in [4.78, 5) is 0. The summed E-state index contributed by atoms with van der Waals surface area (Å²) in [5.74, 6) is 1.17. The largest absolute Gasteiger partial charge is 0.506 e. The van der Waals surface area contributed by atoms with Crippen LogP contribution in [0.4, 0.5) is 0 Å². The highest BCUT2D eigenvalue weighted by Crippen LogP contribution is 2.40. The average molecular weight is 272 g/mol. The molecule has 3 nitrogen and oxygen atoms in total. The molecule has 3 N–H and O–H groups in total. The highest BCUT2D eigenvalue weighted by Gasteiger charge is 2.21. The van der Waals surface area contributed by atoms with E-state index in [-0.39, 0.29) is 6.04 Å². The van der Waals surface area contributed by atoms with E-state index in [0.717, 1.165) is 27.8 Å². The van der Waals surface area contributed by atoms with E-state index in [1.54, 1.807) is 0 Å². The van der Waals surface area contributed by atoms with Crippen molar-refractivity contribution in [3.8, 4) is 11.5 Å². The second-order valence-corrected chi connectivity index (χ2v) is 4.75. The Labute approximate surface area is 97.4 Å². The molecule has 0 amide bonds. The summed E-state index contributed by atoms with van der Waals surface area (Å²) in [5.41, 5.74) is 7.62. The van der Waals surface area contributed by atoms with Crippen molar-refractivity contribution < 1.29 is 9.84 Å². The van der Waals surface area contributed by atoms with Crippen molar-refractivity contribution in [1.29, 1.82) is 0 Å². The molecule has 0 bridgehead atoms. The molecule has 1 atom stereocenters. The van der Waals surface area contributed by atoms with Gasteiger partial charge >= 0.3 is 0 Å². The van der Waals surface area contributed by atoms with E-state index in [9.17, 15) is 5.11 Å². The first-order valence-corrected chi connectivity index (χ1v) is 5.80. The average Bonchev–Trinajstić information content (AvgIpc) is 2.61. The summed E-state index contributed by atoms with van der Waals surface area (Å²) < 4.78 is 6.23. The van der Waals surface area contributed by atoms with Crippen molar-refractivity contribution in [2.24, 2.45) is 5.73 Å². The minimum Gasteiger partial charge on any atom is -0.506 e. The molecule has 0 fully saturated rings. The molecule has 1 unspecified atom stereocenters. The lowest BCUT2D eigenvalue weighted by atomic mass is 10.0. The molecule has 15 heavy (non-hydrogen) atoms. The second kappa shape index (κ2) is 4.02. The minimum atomic E-state index is 0.0299. The van der Waals surface area contributed by atoms with Crippen molar-refractivity contribution >= 4 is 15.9 Å². The number of phenols is 1. The number of benzene rings is 1. The normalized spacial score (nSPS) is 15.9. The van der Waals surface area contributed by atoms with E-state index in [1.807, 2.05) is 13.0 Å². The molecular weight excluding hydrogens is 258 g/mol. The van der Waals surface area contributed by atoms with Gasteiger partial charge < -0.3 is 15.6 Å². The van der Waals surface area contributed by atoms with Gasteiger partial charge in [-0.05, 0) is 35.3 Å². The fourth-order valence-corrected chi connectivity index (χ4v) is 2.48. The molecule has 0 saturated carbocycles. The lowest BCUT2D eigenvalue weighted by molar-refractivity contribution is 0.356. The van der Waals surface area contributed by atoms with E-state index >= 15 is 0 Å². The summed E-state index contributed by atoms with van der Waals surface area (Å²) in [5, 5.41) is 9.95. The van der Waals surface area contributed by atoms with Crippen LogP contribution in [0.5, 0.6) is 11.5 Å². The molecular formula is C11H14BrNO2. The molecule has 1 aliphatic heterocycles. The molecule has 2 rings (SSSR count). The molecule has 0 radical (unpaired) electrons. The van der Waals surface area contributed by atoms with E-state index in [4.69, 9.17) is 10.5 Å². The Bertz CT molecular complexity index is 391. The van der Waals surface area contributed by atoms with Crippen LogP contribution >= 0.6 is 15.9 Å². The smallest absolute Gasteiger partial charge is 0.133 e. The van der Waals surface area contributed by atoms with Crippen LogP contribution in [0, 0.1) is 0 Å². The van der Waals surface area contributed by atoms with Gasteiger partial charge in [0.2, 0.25) is 0 Å². The number of ether oxygens (including phenoxy) is 1. The van der Waals surface area contributed by atoms with Crippen molar-refractivity contribution in [2.45, 2.75) is 25.8 Å². The molecule has 1 aromatic rings.